The summed E-state index contributed by atoms with van der Waals surface area (Å²) in [6.07, 6.45) is 3.28. The van der Waals surface area contributed by atoms with Crippen LogP contribution < -0.4 is 11.5 Å². The van der Waals surface area contributed by atoms with Gasteiger partial charge in [0.05, 0.1) is 11.6 Å². The highest BCUT2D eigenvalue weighted by atomic mass is 16.4. The fourth-order valence-electron chi connectivity index (χ4n) is 1.60. The number of aromatic nitrogens is 2. The molecular formula is C14H11N5O2. The lowest BCUT2D eigenvalue weighted by molar-refractivity contribution is 0.0691. The quantitative estimate of drug-likeness (QED) is 0.772. The Labute approximate surface area is 120 Å². The minimum atomic E-state index is -1.28. The molecule has 104 valence electrons. The molecule has 21 heavy (non-hydrogen) atoms. The molecule has 0 spiro atoms. The monoisotopic (exact) mass is 281 g/mol. The predicted octanol–water partition coefficient (Wildman–Crippen LogP) is 1.38. The van der Waals surface area contributed by atoms with E-state index in [0.29, 0.717) is 5.56 Å². The number of aromatic carboxylic acids is 1. The molecule has 0 fully saturated rings. The van der Waals surface area contributed by atoms with Gasteiger partial charge in [-0.3, -0.25) is 0 Å². The second kappa shape index (κ2) is 5.71. The van der Waals surface area contributed by atoms with Gasteiger partial charge in [-0.15, -0.1) is 0 Å². The number of nitrogen functional groups attached to an aromatic ring is 2. The summed E-state index contributed by atoms with van der Waals surface area (Å²) < 4.78 is 0. The molecule has 0 radical (unpaired) electrons. The smallest absolute Gasteiger partial charge is 0.358 e. The molecule has 1 aromatic carbocycles. The molecule has 7 nitrogen and oxygen atoms in total. The zero-order valence-electron chi connectivity index (χ0n) is 10.8. The van der Waals surface area contributed by atoms with Crippen LogP contribution >= 0.6 is 0 Å². The molecule has 0 aliphatic heterocycles. The fourth-order valence-corrected chi connectivity index (χ4v) is 1.60. The Morgan fingerprint density at radius 3 is 2.38 bits per heavy atom. The van der Waals surface area contributed by atoms with Crippen LogP contribution in [0.5, 0.6) is 0 Å². The second-order valence-electron chi connectivity index (χ2n) is 4.10. The van der Waals surface area contributed by atoms with Crippen LogP contribution in [-0.4, -0.2) is 21.0 Å². The predicted molar refractivity (Wildman–Crippen MR) is 77.9 cm³/mol. The average Bonchev–Trinajstić information content (AvgIpc) is 2.48. The molecule has 0 atom stereocenters. The third-order valence-corrected chi connectivity index (χ3v) is 2.65. The Balaban J connectivity index is 2.30. The zero-order chi connectivity index (χ0) is 15.4. The number of benzene rings is 1. The van der Waals surface area contributed by atoms with Crippen LogP contribution in [0.3, 0.4) is 0 Å². The second-order valence-corrected chi connectivity index (χ2v) is 4.10. The van der Waals surface area contributed by atoms with Crippen molar-refractivity contribution in [2.45, 2.75) is 0 Å². The molecule has 7 heteroatoms. The Morgan fingerprint density at radius 1 is 1.14 bits per heavy atom. The Morgan fingerprint density at radius 2 is 1.81 bits per heavy atom. The lowest BCUT2D eigenvalue weighted by Gasteiger charge is -2.04. The van der Waals surface area contributed by atoms with Crippen LogP contribution in [-0.2, 0) is 0 Å². The molecule has 5 N–H and O–H groups in total. The van der Waals surface area contributed by atoms with Crippen molar-refractivity contribution in [3.63, 3.8) is 0 Å². The SMILES string of the molecule is N#Cc1ccc(/C=C/c2nc(N)c(C(=O)O)nc2N)cc1. The molecule has 0 aliphatic carbocycles. The lowest BCUT2D eigenvalue weighted by Crippen LogP contribution is -2.11. The van der Waals surface area contributed by atoms with Crippen molar-refractivity contribution >= 4 is 29.8 Å². The number of carboxylic acid groups (broad SMARTS) is 1. The van der Waals surface area contributed by atoms with Crippen LogP contribution in [0.4, 0.5) is 11.6 Å². The first kappa shape index (κ1) is 14.0. The van der Waals surface area contributed by atoms with Gasteiger partial charge in [0.15, 0.2) is 17.3 Å². The number of rotatable bonds is 3. The van der Waals surface area contributed by atoms with E-state index >= 15 is 0 Å². The third-order valence-electron chi connectivity index (χ3n) is 2.65. The number of anilines is 2. The van der Waals surface area contributed by atoms with Gasteiger partial charge < -0.3 is 16.6 Å². The molecule has 0 saturated heterocycles. The topological polar surface area (TPSA) is 139 Å². The third kappa shape index (κ3) is 3.13. The number of nitrogens with two attached hydrogens (primary N) is 2. The van der Waals surface area contributed by atoms with Crippen molar-refractivity contribution in [2.24, 2.45) is 0 Å². The molecule has 0 amide bonds. The molecule has 2 rings (SSSR count). The number of hydrogen-bond donors (Lipinski definition) is 3. The van der Waals surface area contributed by atoms with E-state index < -0.39 is 5.97 Å². The molecule has 2 aromatic rings. The van der Waals surface area contributed by atoms with Gasteiger partial charge in [0.1, 0.15) is 5.69 Å². The summed E-state index contributed by atoms with van der Waals surface area (Å²) in [5.41, 5.74) is 12.5. The van der Waals surface area contributed by atoms with Crippen molar-refractivity contribution in [3.8, 4) is 6.07 Å². The maximum atomic E-state index is 10.8. The van der Waals surface area contributed by atoms with Gasteiger partial charge in [-0.05, 0) is 23.8 Å². The van der Waals surface area contributed by atoms with Crippen molar-refractivity contribution < 1.29 is 9.90 Å². The Kier molecular flexibility index (Phi) is 3.81. The fraction of sp³-hybridized carbons (Fsp3) is 0. The number of carboxylic acids is 1. The first-order chi connectivity index (χ1) is 10.0. The minimum Gasteiger partial charge on any atom is -0.476 e. The van der Waals surface area contributed by atoms with Gasteiger partial charge in [-0.2, -0.15) is 5.26 Å². The van der Waals surface area contributed by atoms with E-state index in [1.807, 2.05) is 6.07 Å². The summed E-state index contributed by atoms with van der Waals surface area (Å²) in [5.74, 6) is -1.50. The molecule has 0 saturated carbocycles. The highest BCUT2D eigenvalue weighted by molar-refractivity contribution is 5.91. The Hall–Kier alpha value is -3.40. The van der Waals surface area contributed by atoms with Crippen molar-refractivity contribution in [2.75, 3.05) is 11.5 Å². The van der Waals surface area contributed by atoms with E-state index in [-0.39, 0.29) is 23.0 Å². The van der Waals surface area contributed by atoms with E-state index in [2.05, 4.69) is 9.97 Å². The highest BCUT2D eigenvalue weighted by Crippen LogP contribution is 2.16. The first-order valence-electron chi connectivity index (χ1n) is 5.86. The van der Waals surface area contributed by atoms with Gasteiger partial charge in [0.25, 0.3) is 0 Å². The summed E-state index contributed by atoms with van der Waals surface area (Å²) >= 11 is 0. The molecule has 0 bridgehead atoms. The van der Waals surface area contributed by atoms with Crippen LogP contribution in [0, 0.1) is 11.3 Å². The van der Waals surface area contributed by atoms with Crippen LogP contribution in [0.2, 0.25) is 0 Å². The normalized spacial score (nSPS) is 10.4. The molecular weight excluding hydrogens is 270 g/mol. The molecule has 0 aliphatic rings. The highest BCUT2D eigenvalue weighted by Gasteiger charge is 2.13. The van der Waals surface area contributed by atoms with Gasteiger partial charge in [0.2, 0.25) is 0 Å². The standard InChI is InChI=1S/C14H11N5O2/c15-7-9-3-1-8(2-4-9)5-6-10-12(16)19-11(14(20)21)13(17)18-10/h1-6H,(H2,16,19)(H2,17,18)(H,20,21)/b6-5+. The van der Waals surface area contributed by atoms with E-state index in [0.717, 1.165) is 5.56 Å². The average molecular weight is 281 g/mol. The number of nitrogens with zero attached hydrogens (tertiary/aromatic N) is 3. The summed E-state index contributed by atoms with van der Waals surface area (Å²) in [7, 11) is 0. The summed E-state index contributed by atoms with van der Waals surface area (Å²) in [6.45, 7) is 0. The van der Waals surface area contributed by atoms with E-state index in [9.17, 15) is 4.79 Å². The van der Waals surface area contributed by atoms with Gasteiger partial charge >= 0.3 is 5.97 Å². The van der Waals surface area contributed by atoms with E-state index in [1.54, 1.807) is 36.4 Å². The molecule has 1 heterocycles. The van der Waals surface area contributed by atoms with Crippen LogP contribution in [0.15, 0.2) is 24.3 Å². The zero-order valence-corrected chi connectivity index (χ0v) is 10.8. The van der Waals surface area contributed by atoms with Crippen LogP contribution in [0.25, 0.3) is 12.2 Å². The van der Waals surface area contributed by atoms with Crippen molar-refractivity contribution in [1.29, 1.82) is 5.26 Å². The largest absolute Gasteiger partial charge is 0.476 e. The Bertz CT molecular complexity index is 760. The van der Waals surface area contributed by atoms with Gasteiger partial charge in [0, 0.05) is 0 Å². The summed E-state index contributed by atoms with van der Waals surface area (Å²) in [5, 5.41) is 17.6. The van der Waals surface area contributed by atoms with Crippen molar-refractivity contribution in [1.82, 2.24) is 9.97 Å². The van der Waals surface area contributed by atoms with E-state index in [4.69, 9.17) is 21.8 Å². The van der Waals surface area contributed by atoms with Crippen LogP contribution in [0.1, 0.15) is 27.3 Å². The first-order valence-corrected chi connectivity index (χ1v) is 5.86. The summed E-state index contributed by atoms with van der Waals surface area (Å²) in [6, 6.07) is 8.89. The maximum Gasteiger partial charge on any atom is 0.358 e. The molecule has 1 aromatic heterocycles. The van der Waals surface area contributed by atoms with Gasteiger partial charge in [-0.25, -0.2) is 14.8 Å². The van der Waals surface area contributed by atoms with E-state index in [1.165, 1.54) is 0 Å². The summed E-state index contributed by atoms with van der Waals surface area (Å²) in [4.78, 5) is 18.5. The van der Waals surface area contributed by atoms with Crippen molar-refractivity contribution in [3.05, 3.63) is 46.8 Å². The number of nitriles is 1. The van der Waals surface area contributed by atoms with Gasteiger partial charge in [-0.1, -0.05) is 18.2 Å². The minimum absolute atomic E-state index is 0.0218. The maximum absolute atomic E-state index is 10.8. The number of hydrogen-bond acceptors (Lipinski definition) is 6. The number of carbonyl (C=O) groups is 1. The lowest BCUT2D eigenvalue weighted by atomic mass is 10.1. The molecule has 0 unspecified atom stereocenters.